The number of anilines is 1. The van der Waals surface area contributed by atoms with E-state index in [-0.39, 0.29) is 12.1 Å². The molecule has 2 aromatic heterocycles. The van der Waals surface area contributed by atoms with Gasteiger partial charge in [0.15, 0.2) is 0 Å². The molecule has 2 amide bonds. The van der Waals surface area contributed by atoms with Crippen molar-refractivity contribution in [3.8, 4) is 0 Å². The summed E-state index contributed by atoms with van der Waals surface area (Å²) in [4.78, 5) is 22.7. The van der Waals surface area contributed by atoms with Crippen molar-refractivity contribution in [2.24, 2.45) is 0 Å². The minimum Gasteiger partial charge on any atom is -0.363 e. The Labute approximate surface area is 134 Å². The van der Waals surface area contributed by atoms with E-state index in [1.54, 1.807) is 17.5 Å². The van der Waals surface area contributed by atoms with E-state index in [0.29, 0.717) is 6.54 Å². The summed E-state index contributed by atoms with van der Waals surface area (Å²) in [5.41, 5.74) is 0.823. The number of hydrogen-bond acceptors (Lipinski definition) is 5. The number of nitrogens with zero attached hydrogens (tertiary/aromatic N) is 3. The van der Waals surface area contributed by atoms with E-state index in [9.17, 15) is 4.79 Å². The molecular weight excluding hydrogens is 298 g/mol. The van der Waals surface area contributed by atoms with E-state index < -0.39 is 0 Å². The molecule has 1 atom stereocenters. The van der Waals surface area contributed by atoms with Crippen molar-refractivity contribution in [3.05, 3.63) is 40.5 Å². The maximum Gasteiger partial charge on any atom is 0.315 e. The lowest BCUT2D eigenvalue weighted by Crippen LogP contribution is -2.37. The third kappa shape index (κ3) is 4.42. The first-order chi connectivity index (χ1) is 10.6. The quantitative estimate of drug-likeness (QED) is 0.858. The average Bonchev–Trinajstić information content (AvgIpc) is 3.05. The van der Waals surface area contributed by atoms with Crippen LogP contribution in [0.25, 0.3) is 0 Å². The van der Waals surface area contributed by atoms with Crippen LogP contribution in [-0.2, 0) is 6.54 Å². The maximum absolute atomic E-state index is 12.0. The zero-order valence-corrected chi connectivity index (χ0v) is 13.9. The van der Waals surface area contributed by atoms with Gasteiger partial charge >= 0.3 is 6.03 Å². The van der Waals surface area contributed by atoms with Crippen LogP contribution < -0.4 is 15.5 Å². The summed E-state index contributed by atoms with van der Waals surface area (Å²) in [6.45, 7) is 2.41. The average molecular weight is 319 g/mol. The van der Waals surface area contributed by atoms with Crippen molar-refractivity contribution in [3.63, 3.8) is 0 Å². The highest BCUT2D eigenvalue weighted by molar-refractivity contribution is 7.09. The number of nitrogens with one attached hydrogen (secondary N) is 2. The Kier molecular flexibility index (Phi) is 5.71. The first-order valence-electron chi connectivity index (χ1n) is 7.17. The summed E-state index contributed by atoms with van der Waals surface area (Å²) >= 11 is 1.55. The first-order valence-corrected chi connectivity index (χ1v) is 8.05. The zero-order valence-electron chi connectivity index (χ0n) is 13.0. The van der Waals surface area contributed by atoms with Gasteiger partial charge in [0.1, 0.15) is 10.8 Å². The molecule has 2 heterocycles. The van der Waals surface area contributed by atoms with Crippen molar-refractivity contribution in [2.75, 3.05) is 19.0 Å². The Balaban J connectivity index is 1.88. The molecule has 2 N–H and O–H groups in total. The van der Waals surface area contributed by atoms with Gasteiger partial charge in [-0.15, -0.1) is 11.3 Å². The van der Waals surface area contributed by atoms with E-state index in [4.69, 9.17) is 0 Å². The van der Waals surface area contributed by atoms with Gasteiger partial charge in [-0.25, -0.2) is 14.8 Å². The number of aromatic nitrogens is 2. The smallest absolute Gasteiger partial charge is 0.315 e. The molecule has 0 saturated carbocycles. The predicted molar refractivity (Wildman–Crippen MR) is 89.1 cm³/mol. The van der Waals surface area contributed by atoms with Crippen LogP contribution in [0.5, 0.6) is 0 Å². The van der Waals surface area contributed by atoms with Crippen LogP contribution in [0.15, 0.2) is 29.8 Å². The highest BCUT2D eigenvalue weighted by atomic mass is 32.1. The lowest BCUT2D eigenvalue weighted by Gasteiger charge is -2.16. The van der Waals surface area contributed by atoms with Crippen LogP contribution in [0.3, 0.4) is 0 Å². The molecule has 0 bridgehead atoms. The van der Waals surface area contributed by atoms with Gasteiger partial charge in [-0.05, 0) is 18.6 Å². The fourth-order valence-electron chi connectivity index (χ4n) is 1.94. The highest BCUT2D eigenvalue weighted by Gasteiger charge is 2.14. The zero-order chi connectivity index (χ0) is 15.9. The fourth-order valence-corrected chi connectivity index (χ4v) is 2.71. The van der Waals surface area contributed by atoms with Crippen LogP contribution in [0, 0.1) is 0 Å². The second-order valence-electron chi connectivity index (χ2n) is 5.04. The topological polar surface area (TPSA) is 70.2 Å². The molecule has 2 aromatic rings. The molecule has 0 unspecified atom stereocenters. The summed E-state index contributed by atoms with van der Waals surface area (Å²) in [5, 5.41) is 8.61. The van der Waals surface area contributed by atoms with Gasteiger partial charge in [-0.3, -0.25) is 0 Å². The van der Waals surface area contributed by atoms with E-state index >= 15 is 0 Å². The van der Waals surface area contributed by atoms with Gasteiger partial charge in [-0.1, -0.05) is 13.0 Å². The van der Waals surface area contributed by atoms with E-state index in [2.05, 4.69) is 20.6 Å². The Morgan fingerprint density at radius 1 is 1.41 bits per heavy atom. The third-order valence-corrected chi connectivity index (χ3v) is 4.03. The van der Waals surface area contributed by atoms with Crippen molar-refractivity contribution < 1.29 is 4.79 Å². The molecule has 0 radical (unpaired) electrons. The van der Waals surface area contributed by atoms with Crippen LogP contribution in [0.2, 0.25) is 0 Å². The molecule has 0 aliphatic carbocycles. The molecule has 7 heteroatoms. The molecule has 0 aromatic carbocycles. The number of urea groups is 1. The number of pyridine rings is 1. The van der Waals surface area contributed by atoms with E-state index in [1.165, 1.54) is 0 Å². The summed E-state index contributed by atoms with van der Waals surface area (Å²) in [5.74, 6) is 0.869. The standard InChI is InChI=1S/C15H21N5OS/c1-4-12(14-16-8-9-22-14)19-15(21)17-10-11-6-5-7-13(18-11)20(2)3/h5-9,12H,4,10H2,1-3H3,(H2,17,19,21)/t12-/m1/s1. The van der Waals surface area contributed by atoms with Crippen molar-refractivity contribution in [2.45, 2.75) is 25.9 Å². The molecule has 0 saturated heterocycles. The van der Waals surface area contributed by atoms with Gasteiger partial charge in [0.2, 0.25) is 0 Å². The predicted octanol–water partition coefficient (Wildman–Crippen LogP) is 2.55. The summed E-state index contributed by atoms with van der Waals surface area (Å²) in [7, 11) is 3.87. The molecule has 118 valence electrons. The molecule has 0 spiro atoms. The molecule has 0 fully saturated rings. The van der Waals surface area contributed by atoms with Gasteiger partial charge in [0, 0.05) is 25.7 Å². The van der Waals surface area contributed by atoms with Crippen molar-refractivity contribution in [1.82, 2.24) is 20.6 Å². The second-order valence-corrected chi connectivity index (χ2v) is 5.97. The normalized spacial score (nSPS) is 11.8. The summed E-state index contributed by atoms with van der Waals surface area (Å²) in [6, 6.07) is 5.49. The molecule has 0 aliphatic heterocycles. The Hall–Kier alpha value is -2.15. The molecular formula is C15H21N5OS. The lowest BCUT2D eigenvalue weighted by molar-refractivity contribution is 0.236. The number of amides is 2. The SMILES string of the molecule is CC[C@@H](NC(=O)NCc1cccc(N(C)C)n1)c1nccs1. The number of thiazole rings is 1. The maximum atomic E-state index is 12.0. The van der Waals surface area contributed by atoms with Gasteiger partial charge < -0.3 is 15.5 Å². The molecule has 0 aliphatic rings. The van der Waals surface area contributed by atoms with Crippen LogP contribution in [-0.4, -0.2) is 30.1 Å². The first kappa shape index (κ1) is 16.2. The molecule has 2 rings (SSSR count). The van der Waals surface area contributed by atoms with Gasteiger partial charge in [0.05, 0.1) is 18.3 Å². The Morgan fingerprint density at radius 3 is 2.86 bits per heavy atom. The molecule has 22 heavy (non-hydrogen) atoms. The minimum atomic E-state index is -0.209. The molecule has 6 nitrogen and oxygen atoms in total. The highest BCUT2D eigenvalue weighted by Crippen LogP contribution is 2.18. The largest absolute Gasteiger partial charge is 0.363 e. The summed E-state index contributed by atoms with van der Waals surface area (Å²) < 4.78 is 0. The number of carbonyl (C=O) groups is 1. The Morgan fingerprint density at radius 2 is 2.23 bits per heavy atom. The van der Waals surface area contributed by atoms with Crippen LogP contribution >= 0.6 is 11.3 Å². The fraction of sp³-hybridized carbons (Fsp3) is 0.400. The lowest BCUT2D eigenvalue weighted by atomic mass is 10.2. The second kappa shape index (κ2) is 7.74. The third-order valence-electron chi connectivity index (χ3n) is 3.14. The van der Waals surface area contributed by atoms with Gasteiger partial charge in [-0.2, -0.15) is 0 Å². The minimum absolute atomic E-state index is 0.0546. The van der Waals surface area contributed by atoms with Crippen LogP contribution in [0.4, 0.5) is 10.6 Å². The van der Waals surface area contributed by atoms with E-state index in [1.807, 2.05) is 49.5 Å². The monoisotopic (exact) mass is 319 g/mol. The Bertz CT molecular complexity index is 600. The van der Waals surface area contributed by atoms with Crippen molar-refractivity contribution in [1.29, 1.82) is 0 Å². The van der Waals surface area contributed by atoms with Crippen molar-refractivity contribution >= 4 is 23.2 Å². The van der Waals surface area contributed by atoms with Gasteiger partial charge in [0.25, 0.3) is 0 Å². The van der Waals surface area contributed by atoms with Crippen LogP contribution in [0.1, 0.15) is 30.1 Å². The van der Waals surface area contributed by atoms with E-state index in [0.717, 1.165) is 22.9 Å². The summed E-state index contributed by atoms with van der Waals surface area (Å²) in [6.07, 6.45) is 2.55. The number of rotatable bonds is 6. The number of carbonyl (C=O) groups excluding carboxylic acids is 1. The number of hydrogen-bond donors (Lipinski definition) is 2.